The molecule has 4 heteroatoms. The molecule has 0 saturated heterocycles. The molecule has 0 heterocycles. The van der Waals surface area contributed by atoms with Crippen molar-refractivity contribution in [1.29, 1.82) is 0 Å². The van der Waals surface area contributed by atoms with Gasteiger partial charge < -0.3 is 15.5 Å². The number of hydrogen-bond acceptors (Lipinski definition) is 3. The van der Waals surface area contributed by atoms with E-state index >= 15 is 0 Å². The van der Waals surface area contributed by atoms with Crippen molar-refractivity contribution in [2.24, 2.45) is 40.4 Å². The van der Waals surface area contributed by atoms with Crippen molar-refractivity contribution in [2.75, 3.05) is 13.2 Å². The van der Waals surface area contributed by atoms with Crippen LogP contribution in [-0.2, 0) is 4.79 Å². The molecule has 3 rings (SSSR count). The van der Waals surface area contributed by atoms with Gasteiger partial charge in [-0.15, -0.1) is 0 Å². The summed E-state index contributed by atoms with van der Waals surface area (Å²) in [6.07, 6.45) is 4.98. The van der Waals surface area contributed by atoms with Crippen molar-refractivity contribution < 1.29 is 15.0 Å². The van der Waals surface area contributed by atoms with Crippen molar-refractivity contribution in [3.8, 4) is 0 Å². The van der Waals surface area contributed by atoms with Gasteiger partial charge in [0, 0.05) is 24.5 Å². The van der Waals surface area contributed by atoms with Crippen molar-refractivity contribution in [3.05, 3.63) is 12.2 Å². The summed E-state index contributed by atoms with van der Waals surface area (Å²) in [7, 11) is 0. The smallest absolute Gasteiger partial charge is 0.225 e. The summed E-state index contributed by atoms with van der Waals surface area (Å²) in [5.41, 5.74) is 1.17. The maximum atomic E-state index is 12.5. The van der Waals surface area contributed by atoms with Crippen LogP contribution in [0.25, 0.3) is 0 Å². The molecule has 2 unspecified atom stereocenters. The molecule has 7 atom stereocenters. The van der Waals surface area contributed by atoms with E-state index in [4.69, 9.17) is 0 Å². The molecular formula is C22H37NO3. The van der Waals surface area contributed by atoms with Crippen LogP contribution in [0.2, 0.25) is 0 Å². The van der Waals surface area contributed by atoms with Gasteiger partial charge in [0.1, 0.15) is 0 Å². The number of hydrogen-bond donors (Lipinski definition) is 3. The lowest BCUT2D eigenvalue weighted by molar-refractivity contribution is -0.132. The van der Waals surface area contributed by atoms with E-state index < -0.39 is 0 Å². The van der Waals surface area contributed by atoms with Crippen LogP contribution in [0.1, 0.15) is 59.8 Å². The molecular weight excluding hydrogens is 326 g/mol. The molecule has 0 aromatic rings. The van der Waals surface area contributed by atoms with Crippen LogP contribution in [-0.4, -0.2) is 35.4 Å². The number of fused-ring (bicyclic) bond motifs is 1. The quantitative estimate of drug-likeness (QED) is 0.672. The molecule has 0 aromatic heterocycles. The minimum Gasteiger partial charge on any atom is -0.396 e. The van der Waals surface area contributed by atoms with Crippen molar-refractivity contribution in [3.63, 3.8) is 0 Å². The summed E-state index contributed by atoms with van der Waals surface area (Å²) >= 11 is 0. The minimum atomic E-state index is -0.389. The maximum absolute atomic E-state index is 12.5. The fourth-order valence-corrected chi connectivity index (χ4v) is 5.92. The van der Waals surface area contributed by atoms with Gasteiger partial charge in [0.05, 0.1) is 6.10 Å². The molecule has 0 aromatic carbocycles. The highest BCUT2D eigenvalue weighted by molar-refractivity contribution is 5.81. The average molecular weight is 364 g/mol. The Bertz CT molecular complexity index is 566. The SMILES string of the molecule is C=C1CC[C@H]2[C@H](CNC(=O)C(C)(C)C)C([C@@H]3C[C@H](CO)C3O)CC[C@]12C. The Morgan fingerprint density at radius 1 is 1.31 bits per heavy atom. The predicted molar refractivity (Wildman–Crippen MR) is 103 cm³/mol. The van der Waals surface area contributed by atoms with Crippen LogP contribution in [0.5, 0.6) is 0 Å². The van der Waals surface area contributed by atoms with Gasteiger partial charge in [-0.05, 0) is 61.2 Å². The fraction of sp³-hybridized carbons (Fsp3) is 0.864. The van der Waals surface area contributed by atoms with Gasteiger partial charge in [0.25, 0.3) is 0 Å². The largest absolute Gasteiger partial charge is 0.396 e. The molecule has 3 aliphatic rings. The van der Waals surface area contributed by atoms with Crippen LogP contribution in [0.15, 0.2) is 12.2 Å². The highest BCUT2D eigenvalue weighted by Gasteiger charge is 2.55. The van der Waals surface area contributed by atoms with Gasteiger partial charge in [-0.2, -0.15) is 0 Å². The lowest BCUT2D eigenvalue weighted by atomic mass is 9.52. The van der Waals surface area contributed by atoms with Gasteiger partial charge in [0.15, 0.2) is 0 Å². The van der Waals surface area contributed by atoms with Gasteiger partial charge >= 0.3 is 0 Å². The van der Waals surface area contributed by atoms with E-state index in [0.717, 1.165) is 32.1 Å². The zero-order chi connectivity index (χ0) is 19.3. The Morgan fingerprint density at radius 2 is 2.00 bits per heavy atom. The number of aliphatic hydroxyl groups is 2. The minimum absolute atomic E-state index is 0.0386. The highest BCUT2D eigenvalue weighted by Crippen LogP contribution is 2.61. The maximum Gasteiger partial charge on any atom is 0.225 e. The van der Waals surface area contributed by atoms with Gasteiger partial charge in [-0.1, -0.05) is 39.8 Å². The molecule has 3 N–H and O–H groups in total. The Balaban J connectivity index is 1.78. The van der Waals surface area contributed by atoms with E-state index in [1.807, 2.05) is 20.8 Å². The van der Waals surface area contributed by atoms with Crippen LogP contribution in [0, 0.1) is 40.4 Å². The van der Waals surface area contributed by atoms with Crippen LogP contribution in [0.4, 0.5) is 0 Å². The first kappa shape index (κ1) is 19.9. The van der Waals surface area contributed by atoms with Crippen molar-refractivity contribution in [2.45, 2.75) is 65.9 Å². The molecule has 3 saturated carbocycles. The zero-order valence-corrected chi connectivity index (χ0v) is 16.9. The number of allylic oxidation sites excluding steroid dienone is 1. The summed E-state index contributed by atoms with van der Waals surface area (Å²) in [6, 6.07) is 0. The first-order valence-electron chi connectivity index (χ1n) is 10.3. The lowest BCUT2D eigenvalue weighted by Gasteiger charge is -2.54. The molecule has 3 fully saturated rings. The van der Waals surface area contributed by atoms with Crippen LogP contribution < -0.4 is 5.32 Å². The van der Waals surface area contributed by atoms with Crippen LogP contribution in [0.3, 0.4) is 0 Å². The molecule has 3 aliphatic carbocycles. The number of amides is 1. The molecule has 26 heavy (non-hydrogen) atoms. The molecule has 0 spiro atoms. The Labute approximate surface area is 158 Å². The number of carbonyl (C=O) groups is 1. The number of nitrogens with one attached hydrogen (secondary N) is 1. The van der Waals surface area contributed by atoms with E-state index in [0.29, 0.717) is 24.3 Å². The molecule has 0 radical (unpaired) electrons. The lowest BCUT2D eigenvalue weighted by Crippen LogP contribution is -2.55. The van der Waals surface area contributed by atoms with Gasteiger partial charge in [0.2, 0.25) is 5.91 Å². The summed E-state index contributed by atoms with van der Waals surface area (Å²) in [5, 5.41) is 23.1. The third kappa shape index (κ3) is 3.24. The zero-order valence-electron chi connectivity index (χ0n) is 16.9. The number of carbonyl (C=O) groups excluding carboxylic acids is 1. The van der Waals surface area contributed by atoms with Crippen molar-refractivity contribution >= 4 is 5.91 Å². The summed E-state index contributed by atoms with van der Waals surface area (Å²) in [5.74, 6) is 1.76. The first-order valence-corrected chi connectivity index (χ1v) is 10.3. The topological polar surface area (TPSA) is 69.6 Å². The summed E-state index contributed by atoms with van der Waals surface area (Å²) in [4.78, 5) is 12.5. The second-order valence-electron chi connectivity index (χ2n) is 10.3. The fourth-order valence-electron chi connectivity index (χ4n) is 5.92. The average Bonchev–Trinajstić information content (AvgIpc) is 2.87. The summed E-state index contributed by atoms with van der Waals surface area (Å²) < 4.78 is 0. The van der Waals surface area contributed by atoms with E-state index in [1.54, 1.807) is 0 Å². The van der Waals surface area contributed by atoms with Gasteiger partial charge in [-0.3, -0.25) is 4.79 Å². The van der Waals surface area contributed by atoms with Crippen molar-refractivity contribution in [1.82, 2.24) is 5.32 Å². The standard InChI is InChI=1S/C22H37NO3/c1-13-6-7-18-17(11-23-20(26)21(2,3)4)15(8-9-22(13,18)5)16-10-14(12-24)19(16)25/h14-19,24-25H,1,6-12H2,2-5H3,(H,23,26)/t14-,15?,16+,17-,18+,19?,22-/m1/s1. The van der Waals surface area contributed by atoms with Gasteiger partial charge in [-0.25, -0.2) is 0 Å². The molecule has 0 bridgehead atoms. The van der Waals surface area contributed by atoms with E-state index in [2.05, 4.69) is 18.8 Å². The number of rotatable bonds is 4. The monoisotopic (exact) mass is 363 g/mol. The normalized spacial score (nSPS) is 42.9. The molecule has 0 aliphatic heterocycles. The third-order valence-corrected chi connectivity index (χ3v) is 7.91. The Kier molecular flexibility index (Phi) is 5.31. The number of aliphatic hydroxyl groups excluding tert-OH is 2. The third-order valence-electron chi connectivity index (χ3n) is 7.91. The molecule has 1 amide bonds. The molecule has 4 nitrogen and oxygen atoms in total. The molecule has 148 valence electrons. The van der Waals surface area contributed by atoms with E-state index in [9.17, 15) is 15.0 Å². The Hall–Kier alpha value is -0.870. The van der Waals surface area contributed by atoms with E-state index in [-0.39, 0.29) is 41.3 Å². The van der Waals surface area contributed by atoms with Crippen LogP contribution >= 0.6 is 0 Å². The second kappa shape index (κ2) is 6.94. The predicted octanol–water partition coefficient (Wildman–Crippen LogP) is 3.14. The highest BCUT2D eigenvalue weighted by atomic mass is 16.3. The first-order chi connectivity index (χ1) is 12.1. The Morgan fingerprint density at radius 3 is 2.58 bits per heavy atom. The van der Waals surface area contributed by atoms with E-state index in [1.165, 1.54) is 5.57 Å². The summed E-state index contributed by atoms with van der Waals surface area (Å²) in [6.45, 7) is 13.3. The second-order valence-corrected chi connectivity index (χ2v) is 10.3.